The van der Waals surface area contributed by atoms with Crippen molar-refractivity contribution in [1.82, 2.24) is 4.98 Å². The first-order valence-electron chi connectivity index (χ1n) is 9.24. The maximum atomic E-state index is 13.3. The van der Waals surface area contributed by atoms with Crippen LogP contribution in [-0.2, 0) is 4.74 Å². The van der Waals surface area contributed by atoms with E-state index in [1.54, 1.807) is 6.20 Å². The molecule has 0 aliphatic carbocycles. The van der Waals surface area contributed by atoms with Crippen molar-refractivity contribution in [2.24, 2.45) is 0 Å². The van der Waals surface area contributed by atoms with Crippen LogP contribution in [0.15, 0.2) is 47.5 Å². The molecule has 1 aliphatic rings. The summed E-state index contributed by atoms with van der Waals surface area (Å²) in [6, 6.07) is 12.8. The smallest absolute Gasteiger partial charge is 0.516 e. The number of ether oxygens (including phenoxy) is 1. The Labute approximate surface area is 174 Å². The van der Waals surface area contributed by atoms with Crippen LogP contribution in [-0.4, -0.2) is 39.2 Å². The molecule has 0 spiro atoms. The van der Waals surface area contributed by atoms with E-state index in [1.165, 1.54) is 25.6 Å². The van der Waals surface area contributed by atoms with Gasteiger partial charge in [-0.15, -0.1) is 11.8 Å². The van der Waals surface area contributed by atoms with Gasteiger partial charge in [0.1, 0.15) is 18.7 Å². The van der Waals surface area contributed by atoms with Gasteiger partial charge in [0, 0.05) is 36.6 Å². The van der Waals surface area contributed by atoms with Crippen molar-refractivity contribution in [3.05, 3.63) is 64.6 Å². The molecule has 1 aromatic carbocycles. The Morgan fingerprint density at radius 1 is 1.48 bits per heavy atom. The maximum Gasteiger partial charge on any atom is 0.516 e. The molecule has 7 nitrogen and oxygen atoms in total. The molecule has 1 aromatic heterocycles. The number of benzene rings is 1. The molecular weight excluding hydrogens is 390 g/mol. The molecule has 29 heavy (non-hydrogen) atoms. The normalized spacial score (nSPS) is 24.0. The van der Waals surface area contributed by atoms with Crippen LogP contribution < -0.4 is 0 Å². The molecular formula is C21H23N3O4S. The first kappa shape index (κ1) is 21.3. The van der Waals surface area contributed by atoms with Crippen LogP contribution >= 0.6 is 11.8 Å². The highest BCUT2D eigenvalue weighted by molar-refractivity contribution is 7.99. The molecule has 0 radical (unpaired) electrons. The minimum Gasteiger partial charge on any atom is -0.620 e. The fourth-order valence-corrected chi connectivity index (χ4v) is 4.96. The number of pyridine rings is 1. The molecule has 1 N–H and O–H groups in total. The molecule has 1 unspecified atom stereocenters. The Morgan fingerprint density at radius 3 is 2.79 bits per heavy atom. The molecule has 3 atom stereocenters. The van der Waals surface area contributed by atoms with Gasteiger partial charge in [-0.05, 0) is 24.1 Å². The Bertz CT molecular complexity index is 945. The summed E-state index contributed by atoms with van der Waals surface area (Å²) in [5, 5.41) is 32.2. The van der Waals surface area contributed by atoms with Crippen LogP contribution in [0.1, 0.15) is 42.3 Å². The van der Waals surface area contributed by atoms with Gasteiger partial charge < -0.3 is 15.1 Å². The second-order valence-electron chi connectivity index (χ2n) is 7.58. The Hall–Kier alpha value is -2.44. The van der Waals surface area contributed by atoms with E-state index in [9.17, 15) is 20.4 Å². The zero-order valence-corrected chi connectivity index (χ0v) is 17.3. The second kappa shape index (κ2) is 8.13. The van der Waals surface area contributed by atoms with Gasteiger partial charge in [0.2, 0.25) is 5.72 Å². The van der Waals surface area contributed by atoms with Crippen LogP contribution in [0.5, 0.6) is 0 Å². The first-order valence-corrected chi connectivity index (χ1v) is 10.1. The van der Waals surface area contributed by atoms with Crippen molar-refractivity contribution in [1.29, 1.82) is 5.26 Å². The van der Waals surface area contributed by atoms with Gasteiger partial charge in [-0.1, -0.05) is 30.3 Å². The average Bonchev–Trinajstić information content (AvgIpc) is 2.93. The molecule has 152 valence electrons. The number of hydrogen-bond acceptors (Lipinski definition) is 6. The lowest BCUT2D eigenvalue weighted by atomic mass is 10.0. The van der Waals surface area contributed by atoms with Crippen molar-refractivity contribution in [3.8, 4) is 6.07 Å². The summed E-state index contributed by atoms with van der Waals surface area (Å²) in [6.45, 7) is 4.98. The number of aromatic nitrogens is 1. The van der Waals surface area contributed by atoms with Gasteiger partial charge in [0.15, 0.2) is 5.69 Å². The summed E-state index contributed by atoms with van der Waals surface area (Å²) in [7, 11) is 0. The number of carboxylic acid groups (broad SMARTS) is 1. The minimum absolute atomic E-state index is 0.0594. The van der Waals surface area contributed by atoms with Gasteiger partial charge in [-0.3, -0.25) is 0 Å². The van der Waals surface area contributed by atoms with Crippen molar-refractivity contribution in [3.63, 3.8) is 0 Å². The number of carbonyl (C=O) groups is 1. The lowest BCUT2D eigenvalue weighted by Crippen LogP contribution is -2.61. The van der Waals surface area contributed by atoms with Crippen LogP contribution in [0.2, 0.25) is 0 Å². The van der Waals surface area contributed by atoms with Crippen LogP contribution in [0.25, 0.3) is 0 Å². The number of hydrogen-bond donors (Lipinski definition) is 1. The number of nitriles is 1. The van der Waals surface area contributed by atoms with E-state index in [0.717, 1.165) is 11.1 Å². The molecule has 1 fully saturated rings. The maximum absolute atomic E-state index is 13.3. The van der Waals surface area contributed by atoms with E-state index in [1.807, 2.05) is 43.3 Å². The second-order valence-corrected chi connectivity index (χ2v) is 8.82. The number of quaternary nitrogens is 1. The highest BCUT2D eigenvalue weighted by atomic mass is 32.2. The summed E-state index contributed by atoms with van der Waals surface area (Å²) in [6.07, 6.45) is 0.466. The number of thioether (sulfide) groups is 1. The van der Waals surface area contributed by atoms with Crippen molar-refractivity contribution in [2.45, 2.75) is 49.1 Å². The third-order valence-electron chi connectivity index (χ3n) is 5.25. The van der Waals surface area contributed by atoms with E-state index in [4.69, 9.17) is 4.74 Å². The third kappa shape index (κ3) is 4.00. The van der Waals surface area contributed by atoms with E-state index >= 15 is 0 Å². The molecule has 1 amide bonds. The standard InChI is InChI=1S/C21H23N3O4S/c1-14-9-19(17(11-22)23-12-14)29-18(15-7-5-4-6-8-15)10-16-13-28-21(2,3)24(16,27)20(25)26/h4-9,12,16,18H,10,13H2,1-3H3,(H,25,26)/t16-,18+,24?/m0/s1. The van der Waals surface area contributed by atoms with Crippen molar-refractivity contribution >= 4 is 17.9 Å². The Kier molecular flexibility index (Phi) is 5.96. The van der Waals surface area contributed by atoms with E-state index < -0.39 is 22.5 Å². The fourth-order valence-electron chi connectivity index (χ4n) is 3.58. The minimum atomic E-state index is -1.45. The molecule has 0 bridgehead atoms. The quantitative estimate of drug-likeness (QED) is 0.433. The molecule has 2 heterocycles. The number of amides is 1. The SMILES string of the molecule is Cc1cnc(C#N)c(S[C@H](C[C@H]2COC(C)(C)[N+]2([O-])C(=O)O)c2ccccc2)c1. The number of hydroxylamine groups is 3. The van der Waals surface area contributed by atoms with Crippen molar-refractivity contribution < 1.29 is 19.3 Å². The zero-order chi connectivity index (χ0) is 21.2. The number of nitrogens with zero attached hydrogens (tertiary/aromatic N) is 3. The summed E-state index contributed by atoms with van der Waals surface area (Å²) in [4.78, 5) is 16.8. The van der Waals surface area contributed by atoms with Crippen LogP contribution in [0.3, 0.4) is 0 Å². The van der Waals surface area contributed by atoms with Gasteiger partial charge in [-0.2, -0.15) is 10.1 Å². The lowest BCUT2D eigenvalue weighted by Gasteiger charge is -2.45. The highest BCUT2D eigenvalue weighted by Crippen LogP contribution is 2.45. The van der Waals surface area contributed by atoms with Crippen molar-refractivity contribution in [2.75, 3.05) is 6.61 Å². The fraction of sp³-hybridized carbons (Fsp3) is 0.381. The average molecular weight is 413 g/mol. The first-order chi connectivity index (χ1) is 13.7. The Morgan fingerprint density at radius 2 is 2.17 bits per heavy atom. The van der Waals surface area contributed by atoms with E-state index in [-0.39, 0.29) is 18.3 Å². The molecule has 0 saturated carbocycles. The largest absolute Gasteiger partial charge is 0.620 e. The van der Waals surface area contributed by atoms with Crippen LogP contribution in [0, 0.1) is 23.5 Å². The molecule has 8 heteroatoms. The summed E-state index contributed by atoms with van der Waals surface area (Å²) >= 11 is 1.42. The predicted octanol–water partition coefficient (Wildman–Crippen LogP) is 4.61. The summed E-state index contributed by atoms with van der Waals surface area (Å²) < 4.78 is 4.14. The van der Waals surface area contributed by atoms with Gasteiger partial charge in [-0.25, -0.2) is 9.63 Å². The topological polar surface area (TPSA) is 106 Å². The number of rotatable bonds is 5. The molecule has 2 aromatic rings. The van der Waals surface area contributed by atoms with Crippen LogP contribution in [0.4, 0.5) is 4.79 Å². The predicted molar refractivity (Wildman–Crippen MR) is 109 cm³/mol. The monoisotopic (exact) mass is 413 g/mol. The third-order valence-corrected chi connectivity index (χ3v) is 6.56. The molecule has 1 saturated heterocycles. The lowest BCUT2D eigenvalue weighted by molar-refractivity contribution is -0.883. The highest BCUT2D eigenvalue weighted by Gasteiger charge is 2.56. The Balaban J connectivity index is 1.97. The van der Waals surface area contributed by atoms with E-state index in [0.29, 0.717) is 10.6 Å². The summed E-state index contributed by atoms with van der Waals surface area (Å²) in [5.74, 6) is 0. The molecule has 3 rings (SSSR count). The van der Waals surface area contributed by atoms with Gasteiger partial charge in [0.05, 0.1) is 0 Å². The molecule has 1 aliphatic heterocycles. The van der Waals surface area contributed by atoms with E-state index in [2.05, 4.69) is 11.1 Å². The van der Waals surface area contributed by atoms with Gasteiger partial charge >= 0.3 is 6.09 Å². The van der Waals surface area contributed by atoms with Gasteiger partial charge in [0.25, 0.3) is 0 Å². The number of aryl methyl sites for hydroxylation is 1. The zero-order valence-electron chi connectivity index (χ0n) is 16.5. The summed E-state index contributed by atoms with van der Waals surface area (Å²) in [5.41, 5.74) is 0.809.